The molecule has 0 spiro atoms. The molecule has 2 saturated heterocycles. The maximum atomic E-state index is 12.5. The lowest BCUT2D eigenvalue weighted by molar-refractivity contribution is -0.152. The Balaban J connectivity index is 1.84. The van der Waals surface area contributed by atoms with Gasteiger partial charge in [-0.25, -0.2) is 0 Å². The summed E-state index contributed by atoms with van der Waals surface area (Å²) in [5.74, 6) is -0.302. The highest BCUT2D eigenvalue weighted by Gasteiger charge is 2.44. The Hall–Kier alpha value is -1.79. The van der Waals surface area contributed by atoms with Crippen LogP contribution >= 0.6 is 11.6 Å². The number of aliphatic hydroxyl groups is 1. The Bertz CT molecular complexity index is 679. The van der Waals surface area contributed by atoms with Gasteiger partial charge in [0.1, 0.15) is 17.8 Å². The van der Waals surface area contributed by atoms with Crippen LogP contribution in [0.4, 0.5) is 0 Å². The first-order valence-electron chi connectivity index (χ1n) is 8.13. The fraction of sp³-hybridized carbons (Fsp3) is 0.529. The lowest BCUT2D eigenvalue weighted by Gasteiger charge is -2.44. The maximum Gasteiger partial charge on any atom is 0.245 e. The Morgan fingerprint density at radius 2 is 2.12 bits per heavy atom. The van der Waals surface area contributed by atoms with Crippen LogP contribution in [0.2, 0.25) is 5.02 Å². The first-order chi connectivity index (χ1) is 11.4. The number of carbonyl (C=O) groups excluding carboxylic acids is 2. The molecule has 2 heterocycles. The summed E-state index contributed by atoms with van der Waals surface area (Å²) in [6, 6.07) is 2.17. The number of aliphatic hydroxyl groups excluding tert-OH is 1. The molecule has 1 aromatic rings. The average Bonchev–Trinajstić information content (AvgIpc) is 2.56. The van der Waals surface area contributed by atoms with E-state index in [9.17, 15) is 14.7 Å². The molecule has 3 rings (SSSR count). The molecule has 0 saturated carbocycles. The van der Waals surface area contributed by atoms with Crippen molar-refractivity contribution in [2.75, 3.05) is 13.2 Å². The van der Waals surface area contributed by atoms with E-state index in [-0.39, 0.29) is 36.5 Å². The zero-order valence-corrected chi connectivity index (χ0v) is 14.2. The minimum atomic E-state index is -0.647. The molecule has 0 radical (unpaired) electrons. The number of halogens is 1. The maximum absolute atomic E-state index is 12.5. The summed E-state index contributed by atoms with van der Waals surface area (Å²) in [6.45, 7) is 2.16. The highest BCUT2D eigenvalue weighted by Crippen LogP contribution is 2.42. The van der Waals surface area contributed by atoms with Crippen molar-refractivity contribution < 1.29 is 19.8 Å². The highest BCUT2D eigenvalue weighted by molar-refractivity contribution is 6.32. The minimum Gasteiger partial charge on any atom is -0.508 e. The van der Waals surface area contributed by atoms with Gasteiger partial charge in [-0.1, -0.05) is 17.7 Å². The summed E-state index contributed by atoms with van der Waals surface area (Å²) in [6.07, 6.45) is 1.29. The molecule has 0 aliphatic carbocycles. The van der Waals surface area contributed by atoms with Crippen molar-refractivity contribution in [2.45, 2.75) is 44.2 Å². The summed E-state index contributed by atoms with van der Waals surface area (Å²) in [4.78, 5) is 26.4. The third-order valence-electron chi connectivity index (χ3n) is 4.98. The molecule has 2 amide bonds. The van der Waals surface area contributed by atoms with E-state index in [2.05, 4.69) is 5.32 Å². The second-order valence-electron chi connectivity index (χ2n) is 6.47. The van der Waals surface area contributed by atoms with E-state index in [4.69, 9.17) is 16.7 Å². The van der Waals surface area contributed by atoms with Gasteiger partial charge < -0.3 is 20.4 Å². The van der Waals surface area contributed by atoms with E-state index in [0.717, 1.165) is 5.56 Å². The number of fused-ring (bicyclic) bond motifs is 1. The molecule has 130 valence electrons. The zero-order chi connectivity index (χ0) is 17.4. The molecule has 2 aliphatic heterocycles. The van der Waals surface area contributed by atoms with Crippen LogP contribution in [0, 0.1) is 6.92 Å². The molecule has 2 fully saturated rings. The third kappa shape index (κ3) is 2.84. The fourth-order valence-corrected chi connectivity index (χ4v) is 3.99. The van der Waals surface area contributed by atoms with E-state index in [0.29, 0.717) is 30.0 Å². The first kappa shape index (κ1) is 17.0. The van der Waals surface area contributed by atoms with Crippen molar-refractivity contribution in [1.29, 1.82) is 0 Å². The average molecular weight is 353 g/mol. The van der Waals surface area contributed by atoms with Crippen LogP contribution < -0.4 is 5.32 Å². The molecule has 3 atom stereocenters. The Morgan fingerprint density at radius 1 is 1.38 bits per heavy atom. The first-order valence-corrected chi connectivity index (χ1v) is 8.51. The molecule has 0 unspecified atom stereocenters. The second-order valence-corrected chi connectivity index (χ2v) is 6.85. The minimum absolute atomic E-state index is 0.0772. The smallest absolute Gasteiger partial charge is 0.245 e. The highest BCUT2D eigenvalue weighted by atomic mass is 35.5. The molecule has 2 aliphatic rings. The number of piperazine rings is 1. The Kier molecular flexibility index (Phi) is 4.69. The third-order valence-corrected chi connectivity index (χ3v) is 5.48. The number of phenolic OH excluding ortho intramolecular Hbond substituents is 1. The summed E-state index contributed by atoms with van der Waals surface area (Å²) < 4.78 is 0. The Morgan fingerprint density at radius 3 is 2.83 bits per heavy atom. The largest absolute Gasteiger partial charge is 0.508 e. The molecule has 0 aromatic heterocycles. The van der Waals surface area contributed by atoms with Gasteiger partial charge in [0, 0.05) is 18.7 Å². The van der Waals surface area contributed by atoms with Crippen LogP contribution in [0.5, 0.6) is 5.75 Å². The lowest BCUT2D eigenvalue weighted by Crippen LogP contribution is -2.65. The van der Waals surface area contributed by atoms with Gasteiger partial charge in [-0.05, 0) is 43.7 Å². The molecular formula is C17H21ClN2O4. The van der Waals surface area contributed by atoms with Crippen molar-refractivity contribution in [1.82, 2.24) is 10.2 Å². The summed E-state index contributed by atoms with van der Waals surface area (Å²) in [5, 5.41) is 22.4. The van der Waals surface area contributed by atoms with Crippen LogP contribution in [-0.2, 0) is 9.59 Å². The van der Waals surface area contributed by atoms with Crippen LogP contribution in [0.15, 0.2) is 12.1 Å². The predicted octanol–water partition coefficient (Wildman–Crippen LogP) is 1.31. The molecular weight excluding hydrogens is 332 g/mol. The van der Waals surface area contributed by atoms with Gasteiger partial charge in [0.25, 0.3) is 0 Å². The number of piperidine rings is 1. The number of amides is 2. The number of rotatable bonds is 3. The zero-order valence-electron chi connectivity index (χ0n) is 13.5. The van der Waals surface area contributed by atoms with Crippen molar-refractivity contribution in [3.05, 3.63) is 28.3 Å². The number of benzene rings is 1. The Labute approximate surface area is 145 Å². The van der Waals surface area contributed by atoms with Crippen molar-refractivity contribution in [3.63, 3.8) is 0 Å². The van der Waals surface area contributed by atoms with Gasteiger partial charge in [0.05, 0.1) is 5.02 Å². The number of hydrogen-bond donors (Lipinski definition) is 3. The van der Waals surface area contributed by atoms with Gasteiger partial charge in [0.15, 0.2) is 0 Å². The standard InChI is InChI=1S/C17H21ClN2O4/c1-9-2-3-13(22)14(15(9)18)10-4-6-20-12(8-10)16(23)19-11(5-7-21)17(20)24/h2-3,10-12,21-22H,4-8H2,1H3,(H,19,23)/t10-,11+,12+/m0/s1. The number of phenols is 1. The van der Waals surface area contributed by atoms with E-state index in [1.165, 1.54) is 0 Å². The van der Waals surface area contributed by atoms with Crippen molar-refractivity contribution >= 4 is 23.4 Å². The molecule has 1 aromatic carbocycles. The van der Waals surface area contributed by atoms with E-state index in [1.807, 2.05) is 6.92 Å². The molecule has 24 heavy (non-hydrogen) atoms. The van der Waals surface area contributed by atoms with Gasteiger partial charge >= 0.3 is 0 Å². The van der Waals surface area contributed by atoms with Gasteiger partial charge in [-0.2, -0.15) is 0 Å². The normalized spacial score (nSPS) is 27.0. The van der Waals surface area contributed by atoms with Gasteiger partial charge in [-0.3, -0.25) is 9.59 Å². The van der Waals surface area contributed by atoms with Crippen LogP contribution in [0.1, 0.15) is 36.3 Å². The van der Waals surface area contributed by atoms with Crippen LogP contribution in [0.25, 0.3) is 0 Å². The predicted molar refractivity (Wildman–Crippen MR) is 89.0 cm³/mol. The monoisotopic (exact) mass is 352 g/mol. The molecule has 0 bridgehead atoms. The molecule has 3 N–H and O–H groups in total. The SMILES string of the molecule is Cc1ccc(O)c([C@H]2CCN3C(=O)[C@@H](CCO)NC(=O)[C@H]3C2)c1Cl. The van der Waals surface area contributed by atoms with Crippen LogP contribution in [-0.4, -0.2) is 52.2 Å². The number of nitrogens with zero attached hydrogens (tertiary/aromatic N) is 1. The summed E-state index contributed by atoms with van der Waals surface area (Å²) in [7, 11) is 0. The number of nitrogens with one attached hydrogen (secondary N) is 1. The summed E-state index contributed by atoms with van der Waals surface area (Å²) >= 11 is 6.37. The quantitative estimate of drug-likeness (QED) is 0.765. The molecule has 6 nitrogen and oxygen atoms in total. The number of carbonyl (C=O) groups is 2. The van der Waals surface area contributed by atoms with Crippen LogP contribution in [0.3, 0.4) is 0 Å². The number of aromatic hydroxyl groups is 1. The number of hydrogen-bond acceptors (Lipinski definition) is 4. The lowest BCUT2D eigenvalue weighted by atomic mass is 9.82. The van der Waals surface area contributed by atoms with Crippen molar-refractivity contribution in [3.8, 4) is 5.75 Å². The summed E-state index contributed by atoms with van der Waals surface area (Å²) in [5.41, 5.74) is 1.54. The number of aryl methyl sites for hydroxylation is 1. The van der Waals surface area contributed by atoms with E-state index in [1.54, 1.807) is 17.0 Å². The van der Waals surface area contributed by atoms with E-state index >= 15 is 0 Å². The van der Waals surface area contributed by atoms with E-state index < -0.39 is 12.1 Å². The van der Waals surface area contributed by atoms with Crippen molar-refractivity contribution in [2.24, 2.45) is 0 Å². The van der Waals surface area contributed by atoms with Gasteiger partial charge in [0.2, 0.25) is 11.8 Å². The molecule has 7 heteroatoms. The topological polar surface area (TPSA) is 89.9 Å². The second kappa shape index (κ2) is 6.61. The fourth-order valence-electron chi connectivity index (χ4n) is 3.67. The van der Waals surface area contributed by atoms with Gasteiger partial charge in [-0.15, -0.1) is 0 Å².